The number of benzene rings is 1. The van der Waals surface area contributed by atoms with Crippen LogP contribution in [0.25, 0.3) is 11.0 Å². The Morgan fingerprint density at radius 3 is 2.63 bits per heavy atom. The number of aromatic nitrogens is 3. The fourth-order valence-corrected chi connectivity index (χ4v) is 3.26. The van der Waals surface area contributed by atoms with E-state index in [4.69, 9.17) is 4.74 Å². The van der Waals surface area contributed by atoms with E-state index in [2.05, 4.69) is 25.6 Å². The van der Waals surface area contributed by atoms with E-state index in [0.29, 0.717) is 35.8 Å². The van der Waals surface area contributed by atoms with Crippen molar-refractivity contribution in [3.05, 3.63) is 57.4 Å². The average molecular weight is 419 g/mol. The quantitative estimate of drug-likeness (QED) is 0.568. The van der Waals surface area contributed by atoms with Gasteiger partial charge in [0.25, 0.3) is 12.0 Å². The van der Waals surface area contributed by atoms with Gasteiger partial charge in [0.1, 0.15) is 29.2 Å². The van der Waals surface area contributed by atoms with Gasteiger partial charge in [-0.2, -0.15) is 0 Å². The van der Waals surface area contributed by atoms with Gasteiger partial charge < -0.3 is 20.4 Å². The highest BCUT2D eigenvalue weighted by Crippen LogP contribution is 2.30. The van der Waals surface area contributed by atoms with Crippen molar-refractivity contribution in [3.8, 4) is 5.75 Å². The number of hydrogen-bond acceptors (Lipinski definition) is 6. The molecule has 10 heteroatoms. The number of nitrogens with one attached hydrogen (secondary N) is 3. The number of fused-ring (bicyclic) bond motifs is 1. The molecular formula is C20H20F3N5O2. The van der Waals surface area contributed by atoms with Gasteiger partial charge in [0.05, 0.1) is 17.0 Å². The Balaban J connectivity index is 1.72. The first kappa shape index (κ1) is 20.1. The lowest BCUT2D eigenvalue weighted by Gasteiger charge is -2.27. The predicted molar refractivity (Wildman–Crippen MR) is 106 cm³/mol. The fraction of sp³-hybridized carbons (Fsp3) is 0.350. The molecule has 0 aliphatic carbocycles. The van der Waals surface area contributed by atoms with Gasteiger partial charge in [-0.05, 0) is 13.8 Å². The summed E-state index contributed by atoms with van der Waals surface area (Å²) in [6.07, 6.45) is -3.01. The number of anilines is 1. The number of pyridine rings is 1. The number of halogens is 3. The summed E-state index contributed by atoms with van der Waals surface area (Å²) < 4.78 is 46.3. The Hall–Kier alpha value is -3.14. The van der Waals surface area contributed by atoms with Gasteiger partial charge in [-0.1, -0.05) is 18.2 Å². The SMILES string of the molecule is Cc1nc(N[C@H](C)c2cccc(C(F)F)c2F)c2cc(OC3CNC3)c(=O)[nH]c2n1. The maximum absolute atomic E-state index is 14.5. The summed E-state index contributed by atoms with van der Waals surface area (Å²) in [6.45, 7) is 4.57. The van der Waals surface area contributed by atoms with Gasteiger partial charge in [-0.3, -0.25) is 4.79 Å². The monoisotopic (exact) mass is 419 g/mol. The molecule has 4 rings (SSSR count). The van der Waals surface area contributed by atoms with Crippen LogP contribution in [0.15, 0.2) is 29.1 Å². The highest BCUT2D eigenvalue weighted by atomic mass is 19.3. The number of nitrogens with zero attached hydrogens (tertiary/aromatic N) is 2. The summed E-state index contributed by atoms with van der Waals surface area (Å²) >= 11 is 0. The first-order valence-corrected chi connectivity index (χ1v) is 9.45. The summed E-state index contributed by atoms with van der Waals surface area (Å²) in [5.41, 5.74) is -0.692. The lowest BCUT2D eigenvalue weighted by molar-refractivity contribution is 0.140. The number of aryl methyl sites for hydroxylation is 1. The molecule has 0 unspecified atom stereocenters. The maximum Gasteiger partial charge on any atom is 0.291 e. The zero-order valence-electron chi connectivity index (χ0n) is 16.3. The van der Waals surface area contributed by atoms with Gasteiger partial charge >= 0.3 is 0 Å². The Morgan fingerprint density at radius 1 is 1.23 bits per heavy atom. The minimum atomic E-state index is -2.91. The van der Waals surface area contributed by atoms with E-state index in [-0.39, 0.29) is 17.4 Å². The lowest BCUT2D eigenvalue weighted by atomic mass is 10.0. The Labute approximate surface area is 169 Å². The van der Waals surface area contributed by atoms with Crippen LogP contribution >= 0.6 is 0 Å². The van der Waals surface area contributed by atoms with Crippen molar-refractivity contribution >= 4 is 16.9 Å². The highest BCUT2D eigenvalue weighted by Gasteiger charge is 2.22. The number of ether oxygens (including phenoxy) is 1. The molecule has 3 heterocycles. The van der Waals surface area contributed by atoms with Crippen molar-refractivity contribution in [2.24, 2.45) is 0 Å². The van der Waals surface area contributed by atoms with E-state index in [1.165, 1.54) is 18.2 Å². The third-order valence-corrected chi connectivity index (χ3v) is 4.94. The van der Waals surface area contributed by atoms with Crippen LogP contribution in [0.3, 0.4) is 0 Å². The summed E-state index contributed by atoms with van der Waals surface area (Å²) in [5, 5.41) is 6.58. The molecule has 1 fully saturated rings. The standard InChI is InChI=1S/C20H20F3N5O2/c1-9(12-4-3-5-13(16(12)21)17(22)23)25-18-14-6-15(30-11-7-24-8-11)20(29)28-19(14)27-10(2)26-18/h3-6,9,11,17,24H,7-8H2,1-2H3,(H2,25,26,27,28,29)/t9-/m1/s1. The van der Waals surface area contributed by atoms with E-state index in [0.717, 1.165) is 6.07 Å². The minimum absolute atomic E-state index is 0.0821. The molecule has 7 nitrogen and oxygen atoms in total. The predicted octanol–water partition coefficient (Wildman–Crippen LogP) is 3.23. The van der Waals surface area contributed by atoms with Gasteiger partial charge in [0.2, 0.25) is 0 Å². The number of rotatable bonds is 6. The van der Waals surface area contributed by atoms with E-state index in [1.807, 2.05) is 0 Å². The zero-order valence-corrected chi connectivity index (χ0v) is 16.3. The Morgan fingerprint density at radius 2 is 1.97 bits per heavy atom. The van der Waals surface area contributed by atoms with Crippen molar-refractivity contribution in [2.75, 3.05) is 18.4 Å². The maximum atomic E-state index is 14.5. The third-order valence-electron chi connectivity index (χ3n) is 4.94. The number of H-pyrrole nitrogens is 1. The molecule has 1 aliphatic heterocycles. The number of hydrogen-bond donors (Lipinski definition) is 3. The van der Waals surface area contributed by atoms with Crippen LogP contribution in [-0.4, -0.2) is 34.1 Å². The van der Waals surface area contributed by atoms with Gasteiger partial charge in [-0.15, -0.1) is 0 Å². The molecule has 3 aromatic rings. The number of alkyl halides is 2. The molecule has 1 aromatic carbocycles. The molecule has 0 spiro atoms. The summed E-state index contributed by atoms with van der Waals surface area (Å²) in [7, 11) is 0. The van der Waals surface area contributed by atoms with Crippen molar-refractivity contribution in [3.63, 3.8) is 0 Å². The molecule has 0 radical (unpaired) electrons. The Bertz CT molecular complexity index is 1150. The van der Waals surface area contributed by atoms with Crippen LogP contribution in [0.1, 0.15) is 36.3 Å². The van der Waals surface area contributed by atoms with Crippen molar-refractivity contribution < 1.29 is 17.9 Å². The summed E-state index contributed by atoms with van der Waals surface area (Å²) in [4.78, 5) is 23.6. The number of aromatic amines is 1. The van der Waals surface area contributed by atoms with Crippen LogP contribution in [0, 0.1) is 12.7 Å². The summed E-state index contributed by atoms with van der Waals surface area (Å²) in [6, 6.07) is 4.75. The largest absolute Gasteiger partial charge is 0.482 e. The molecule has 1 saturated heterocycles. The highest BCUT2D eigenvalue weighted by molar-refractivity contribution is 5.87. The first-order chi connectivity index (χ1) is 14.3. The summed E-state index contributed by atoms with van der Waals surface area (Å²) in [5.74, 6) is -0.119. The zero-order chi connectivity index (χ0) is 21.4. The second-order valence-corrected chi connectivity index (χ2v) is 7.16. The fourth-order valence-electron chi connectivity index (χ4n) is 3.26. The van der Waals surface area contributed by atoms with Gasteiger partial charge in [0, 0.05) is 24.7 Å². The van der Waals surface area contributed by atoms with Crippen molar-refractivity contribution in [1.82, 2.24) is 20.3 Å². The lowest BCUT2D eigenvalue weighted by Crippen LogP contribution is -2.50. The van der Waals surface area contributed by atoms with Crippen LogP contribution in [0.4, 0.5) is 19.0 Å². The van der Waals surface area contributed by atoms with E-state index in [1.54, 1.807) is 13.8 Å². The van der Waals surface area contributed by atoms with E-state index in [9.17, 15) is 18.0 Å². The van der Waals surface area contributed by atoms with E-state index < -0.39 is 29.4 Å². The van der Waals surface area contributed by atoms with Crippen LogP contribution in [0.5, 0.6) is 5.75 Å². The molecule has 0 amide bonds. The molecule has 1 atom stereocenters. The van der Waals surface area contributed by atoms with Crippen molar-refractivity contribution in [2.45, 2.75) is 32.4 Å². The molecule has 2 aromatic heterocycles. The van der Waals surface area contributed by atoms with Crippen molar-refractivity contribution in [1.29, 1.82) is 0 Å². The molecule has 30 heavy (non-hydrogen) atoms. The van der Waals surface area contributed by atoms with Gasteiger partial charge in [0.15, 0.2) is 5.75 Å². The second kappa shape index (κ2) is 7.94. The normalized spacial score (nSPS) is 15.3. The Kier molecular flexibility index (Phi) is 5.33. The smallest absolute Gasteiger partial charge is 0.291 e. The molecule has 1 aliphatic rings. The molecule has 3 N–H and O–H groups in total. The third kappa shape index (κ3) is 3.82. The van der Waals surface area contributed by atoms with Crippen LogP contribution < -0.4 is 20.9 Å². The topological polar surface area (TPSA) is 91.9 Å². The molecule has 0 bridgehead atoms. The minimum Gasteiger partial charge on any atom is -0.482 e. The molecule has 0 saturated carbocycles. The molecule has 158 valence electrons. The van der Waals surface area contributed by atoms with Crippen LogP contribution in [0.2, 0.25) is 0 Å². The van der Waals surface area contributed by atoms with E-state index >= 15 is 0 Å². The van der Waals surface area contributed by atoms with Crippen LogP contribution in [-0.2, 0) is 0 Å². The first-order valence-electron chi connectivity index (χ1n) is 9.45. The van der Waals surface area contributed by atoms with Gasteiger partial charge in [-0.25, -0.2) is 23.1 Å². The molecular weight excluding hydrogens is 399 g/mol. The second-order valence-electron chi connectivity index (χ2n) is 7.16. The average Bonchev–Trinajstić information content (AvgIpc) is 2.64.